The highest BCUT2D eigenvalue weighted by molar-refractivity contribution is 5.91. The maximum atomic E-state index is 11.8. The van der Waals surface area contributed by atoms with E-state index in [1.807, 2.05) is 6.08 Å². The van der Waals surface area contributed by atoms with Crippen LogP contribution >= 0.6 is 0 Å². The van der Waals surface area contributed by atoms with Gasteiger partial charge in [0.05, 0.1) is 0 Å². The number of fused-ring (bicyclic) bond motifs is 5. The molecule has 0 aromatic rings. The van der Waals surface area contributed by atoms with Crippen LogP contribution < -0.4 is 0 Å². The maximum Gasteiger partial charge on any atom is 0.155 e. The molecule has 0 aromatic carbocycles. The van der Waals surface area contributed by atoms with Crippen LogP contribution in [-0.4, -0.2) is 5.78 Å². The second-order valence-corrected chi connectivity index (χ2v) is 8.55. The number of allylic oxidation sites excluding steroid dienone is 1. The van der Waals surface area contributed by atoms with E-state index in [1.165, 1.54) is 50.5 Å². The second kappa shape index (κ2) is 4.21. The number of rotatable bonds is 0. The molecule has 0 heterocycles. The van der Waals surface area contributed by atoms with Crippen LogP contribution in [0.15, 0.2) is 11.6 Å². The minimum absolute atomic E-state index is 0.362. The summed E-state index contributed by atoms with van der Waals surface area (Å²) in [6, 6.07) is 0. The van der Waals surface area contributed by atoms with Gasteiger partial charge in [-0.3, -0.25) is 4.79 Å². The van der Waals surface area contributed by atoms with Crippen molar-refractivity contribution in [2.75, 3.05) is 0 Å². The van der Waals surface area contributed by atoms with Crippen molar-refractivity contribution in [3.8, 4) is 0 Å². The van der Waals surface area contributed by atoms with Crippen molar-refractivity contribution in [2.24, 2.45) is 28.6 Å². The fourth-order valence-electron chi connectivity index (χ4n) is 6.55. The zero-order valence-corrected chi connectivity index (χ0v) is 13.1. The van der Waals surface area contributed by atoms with Gasteiger partial charge in [-0.25, -0.2) is 0 Å². The van der Waals surface area contributed by atoms with E-state index in [4.69, 9.17) is 0 Å². The molecular formula is C19H28O. The molecule has 3 fully saturated rings. The van der Waals surface area contributed by atoms with E-state index in [1.54, 1.807) is 0 Å². The molecular weight excluding hydrogens is 244 g/mol. The van der Waals surface area contributed by atoms with Gasteiger partial charge in [-0.05, 0) is 79.6 Å². The lowest BCUT2D eigenvalue weighted by atomic mass is 9.47. The maximum absolute atomic E-state index is 11.8. The van der Waals surface area contributed by atoms with E-state index in [-0.39, 0.29) is 0 Å². The van der Waals surface area contributed by atoms with Crippen LogP contribution in [0.3, 0.4) is 0 Å². The normalized spacial score (nSPS) is 51.0. The van der Waals surface area contributed by atoms with Gasteiger partial charge in [0.25, 0.3) is 0 Å². The van der Waals surface area contributed by atoms with Crippen LogP contribution in [0.1, 0.15) is 71.6 Å². The molecule has 20 heavy (non-hydrogen) atoms. The summed E-state index contributed by atoms with van der Waals surface area (Å²) >= 11 is 0. The molecule has 4 aliphatic carbocycles. The second-order valence-electron chi connectivity index (χ2n) is 8.55. The van der Waals surface area contributed by atoms with Crippen LogP contribution in [0.25, 0.3) is 0 Å². The molecule has 0 spiro atoms. The van der Waals surface area contributed by atoms with Crippen molar-refractivity contribution in [2.45, 2.75) is 71.6 Å². The van der Waals surface area contributed by atoms with Gasteiger partial charge in [0.15, 0.2) is 5.78 Å². The average Bonchev–Trinajstić information content (AvgIpc) is 2.81. The van der Waals surface area contributed by atoms with E-state index in [2.05, 4.69) is 13.8 Å². The number of carbonyl (C=O) groups excluding carboxylic acids is 1. The molecule has 0 N–H and O–H groups in total. The minimum atomic E-state index is 0.362. The summed E-state index contributed by atoms with van der Waals surface area (Å²) in [5.74, 6) is 3.19. The molecule has 1 heteroatoms. The van der Waals surface area contributed by atoms with Crippen molar-refractivity contribution >= 4 is 5.78 Å². The van der Waals surface area contributed by atoms with Gasteiger partial charge in [-0.2, -0.15) is 0 Å². The van der Waals surface area contributed by atoms with Crippen LogP contribution in [0.4, 0.5) is 0 Å². The fraction of sp³-hybridized carbons (Fsp3) is 0.842. The Morgan fingerprint density at radius 2 is 1.85 bits per heavy atom. The van der Waals surface area contributed by atoms with E-state index in [0.29, 0.717) is 16.6 Å². The molecule has 3 saturated carbocycles. The molecule has 0 radical (unpaired) electrons. The van der Waals surface area contributed by atoms with Gasteiger partial charge >= 0.3 is 0 Å². The topological polar surface area (TPSA) is 17.1 Å². The molecule has 0 bridgehead atoms. The third kappa shape index (κ3) is 1.64. The van der Waals surface area contributed by atoms with E-state index < -0.39 is 0 Å². The molecule has 1 nitrogen and oxygen atoms in total. The Morgan fingerprint density at radius 3 is 2.70 bits per heavy atom. The first-order valence-corrected chi connectivity index (χ1v) is 8.77. The Hall–Kier alpha value is -0.590. The van der Waals surface area contributed by atoms with Gasteiger partial charge in [0.2, 0.25) is 0 Å². The Kier molecular flexibility index (Phi) is 2.76. The molecule has 0 aromatic heterocycles. The monoisotopic (exact) mass is 272 g/mol. The molecule has 0 saturated heterocycles. The molecule has 0 unspecified atom stereocenters. The van der Waals surface area contributed by atoms with Gasteiger partial charge in [0.1, 0.15) is 0 Å². The lowest BCUT2D eigenvalue weighted by Crippen LogP contribution is -2.49. The zero-order chi connectivity index (χ0) is 14.0. The Bertz CT molecular complexity index is 476. The molecule has 110 valence electrons. The third-order valence-corrected chi connectivity index (χ3v) is 7.74. The van der Waals surface area contributed by atoms with E-state index >= 15 is 0 Å². The number of hydrogen-bond acceptors (Lipinski definition) is 1. The Balaban J connectivity index is 1.69. The van der Waals surface area contributed by atoms with Crippen molar-refractivity contribution in [3.63, 3.8) is 0 Å². The largest absolute Gasteiger partial charge is 0.295 e. The summed E-state index contributed by atoms with van der Waals surface area (Å²) in [6.07, 6.45) is 13.8. The number of hydrogen-bond donors (Lipinski definition) is 0. The van der Waals surface area contributed by atoms with Gasteiger partial charge < -0.3 is 0 Å². The quantitative estimate of drug-likeness (QED) is 0.612. The molecule has 0 amide bonds. The van der Waals surface area contributed by atoms with Crippen LogP contribution in [0.5, 0.6) is 0 Å². The molecule has 4 aliphatic rings. The smallest absolute Gasteiger partial charge is 0.155 e. The summed E-state index contributed by atoms with van der Waals surface area (Å²) < 4.78 is 0. The summed E-state index contributed by atoms with van der Waals surface area (Å²) in [4.78, 5) is 11.8. The first-order valence-electron chi connectivity index (χ1n) is 8.77. The lowest BCUT2D eigenvalue weighted by Gasteiger charge is -2.57. The highest BCUT2D eigenvalue weighted by Crippen LogP contribution is 2.65. The van der Waals surface area contributed by atoms with Gasteiger partial charge in [-0.15, -0.1) is 0 Å². The Morgan fingerprint density at radius 1 is 1.00 bits per heavy atom. The van der Waals surface area contributed by atoms with Crippen LogP contribution in [0, 0.1) is 28.6 Å². The number of ketones is 1. The minimum Gasteiger partial charge on any atom is -0.295 e. The fourth-order valence-corrected chi connectivity index (χ4v) is 6.55. The standard InChI is InChI=1S/C19H28O/c1-18-9-3-4-16(18)15-6-5-13-12-14(20)7-11-19(13,2)17(15)8-10-18/h12,15-17H,3-11H2,1-2H3/t15-,16-,17-,18+,19+/m1/s1. The zero-order valence-electron chi connectivity index (χ0n) is 13.1. The van der Waals surface area contributed by atoms with Gasteiger partial charge in [0, 0.05) is 6.42 Å². The van der Waals surface area contributed by atoms with Crippen molar-refractivity contribution in [1.29, 1.82) is 0 Å². The highest BCUT2D eigenvalue weighted by Gasteiger charge is 2.55. The average molecular weight is 272 g/mol. The third-order valence-electron chi connectivity index (χ3n) is 7.74. The SMILES string of the molecule is C[C@@]12CCC[C@@H]1[C@H]1CCC3=CC(=O)CC[C@]3(C)[C@@H]1CC2. The van der Waals surface area contributed by atoms with E-state index in [9.17, 15) is 4.79 Å². The summed E-state index contributed by atoms with van der Waals surface area (Å²) in [5, 5.41) is 0. The van der Waals surface area contributed by atoms with E-state index in [0.717, 1.165) is 30.6 Å². The lowest BCUT2D eigenvalue weighted by molar-refractivity contribution is -0.117. The van der Waals surface area contributed by atoms with Crippen molar-refractivity contribution in [3.05, 3.63) is 11.6 Å². The first kappa shape index (κ1) is 13.1. The van der Waals surface area contributed by atoms with Crippen molar-refractivity contribution in [1.82, 2.24) is 0 Å². The predicted molar refractivity (Wildman–Crippen MR) is 81.3 cm³/mol. The van der Waals surface area contributed by atoms with Crippen molar-refractivity contribution < 1.29 is 4.79 Å². The van der Waals surface area contributed by atoms with Gasteiger partial charge in [-0.1, -0.05) is 25.8 Å². The molecule has 4 rings (SSSR count). The van der Waals surface area contributed by atoms with Crippen LogP contribution in [-0.2, 0) is 4.79 Å². The number of carbonyl (C=O) groups is 1. The Labute approximate surface area is 123 Å². The summed E-state index contributed by atoms with van der Waals surface area (Å²) in [6.45, 7) is 5.05. The molecule has 5 atom stereocenters. The predicted octanol–water partition coefficient (Wildman–Crippen LogP) is 4.91. The van der Waals surface area contributed by atoms with Crippen LogP contribution in [0.2, 0.25) is 0 Å². The summed E-state index contributed by atoms with van der Waals surface area (Å²) in [5.41, 5.74) is 2.53. The molecule has 0 aliphatic heterocycles. The highest BCUT2D eigenvalue weighted by atomic mass is 16.1. The first-order chi connectivity index (χ1) is 9.53. The summed E-state index contributed by atoms with van der Waals surface area (Å²) in [7, 11) is 0.